The van der Waals surface area contributed by atoms with E-state index in [0.29, 0.717) is 17.2 Å². The molecular formula is C27H26N4O3S2. The minimum Gasteiger partial charge on any atom is -0.371 e. The fourth-order valence-corrected chi connectivity index (χ4v) is 6.22. The predicted molar refractivity (Wildman–Crippen MR) is 148 cm³/mol. The number of thioether (sulfide) groups is 1. The SMILES string of the molecule is CSc1nc2ccc(NC(=O)c3cc([N+](=O)[O-])ccc3N3CCC(Cc4ccccc4)CC3)cc2s1. The number of thiazole rings is 1. The monoisotopic (exact) mass is 518 g/mol. The van der Waals surface area contributed by atoms with E-state index in [9.17, 15) is 14.9 Å². The van der Waals surface area contributed by atoms with Gasteiger partial charge < -0.3 is 10.2 Å². The Labute approximate surface area is 217 Å². The molecule has 9 heteroatoms. The van der Waals surface area contributed by atoms with Crippen LogP contribution in [0.15, 0.2) is 71.1 Å². The third-order valence-corrected chi connectivity index (χ3v) is 8.56. The Hall–Kier alpha value is -3.43. The topological polar surface area (TPSA) is 88.4 Å². The molecule has 1 aromatic heterocycles. The van der Waals surface area contributed by atoms with Crippen LogP contribution in [0.25, 0.3) is 10.2 Å². The molecule has 1 N–H and O–H groups in total. The summed E-state index contributed by atoms with van der Waals surface area (Å²) in [7, 11) is 0. The van der Waals surface area contributed by atoms with Gasteiger partial charge in [-0.05, 0) is 61.3 Å². The van der Waals surface area contributed by atoms with E-state index in [4.69, 9.17) is 0 Å². The first kappa shape index (κ1) is 24.3. The van der Waals surface area contributed by atoms with E-state index < -0.39 is 4.92 Å². The van der Waals surface area contributed by atoms with Crippen molar-refractivity contribution < 1.29 is 9.72 Å². The van der Waals surface area contributed by atoms with Crippen LogP contribution in [0, 0.1) is 16.0 Å². The van der Waals surface area contributed by atoms with Gasteiger partial charge in [-0.3, -0.25) is 14.9 Å². The van der Waals surface area contributed by atoms with Gasteiger partial charge >= 0.3 is 0 Å². The number of nitrogens with zero attached hydrogens (tertiary/aromatic N) is 3. The van der Waals surface area contributed by atoms with Crippen LogP contribution in [0.5, 0.6) is 0 Å². The maximum absolute atomic E-state index is 13.4. The van der Waals surface area contributed by atoms with Crippen molar-refractivity contribution in [2.24, 2.45) is 5.92 Å². The van der Waals surface area contributed by atoms with Crippen molar-refractivity contribution in [3.63, 3.8) is 0 Å². The van der Waals surface area contributed by atoms with Crippen molar-refractivity contribution in [1.29, 1.82) is 0 Å². The summed E-state index contributed by atoms with van der Waals surface area (Å²) in [5.74, 6) is 0.227. The highest BCUT2D eigenvalue weighted by atomic mass is 32.2. The molecule has 0 aliphatic carbocycles. The lowest BCUT2D eigenvalue weighted by molar-refractivity contribution is -0.384. The van der Waals surface area contributed by atoms with Crippen LogP contribution in [-0.4, -0.2) is 35.2 Å². The Bertz CT molecular complexity index is 1400. The second-order valence-corrected chi connectivity index (χ2v) is 11.0. The van der Waals surface area contributed by atoms with Crippen molar-refractivity contribution in [2.75, 3.05) is 29.6 Å². The number of anilines is 2. The number of non-ortho nitro benzene ring substituents is 1. The van der Waals surface area contributed by atoms with Gasteiger partial charge in [-0.25, -0.2) is 4.98 Å². The average molecular weight is 519 g/mol. The largest absolute Gasteiger partial charge is 0.371 e. The summed E-state index contributed by atoms with van der Waals surface area (Å²) in [5.41, 5.74) is 3.83. The summed E-state index contributed by atoms with van der Waals surface area (Å²) >= 11 is 3.15. The Kier molecular flexibility index (Phi) is 7.20. The predicted octanol–water partition coefficient (Wildman–Crippen LogP) is 6.64. The molecule has 3 aromatic carbocycles. The molecule has 184 valence electrons. The van der Waals surface area contributed by atoms with Crippen LogP contribution in [0.4, 0.5) is 17.1 Å². The standard InChI is InChI=1S/C27H26N4O3S2/c1-35-27-29-23-9-7-20(16-25(23)36-27)28-26(32)22-17-21(31(33)34)8-10-24(22)30-13-11-19(12-14-30)15-18-5-3-2-4-6-18/h2-10,16-17,19H,11-15H2,1H3,(H,28,32). The van der Waals surface area contributed by atoms with E-state index in [0.717, 1.165) is 52.6 Å². The maximum Gasteiger partial charge on any atom is 0.270 e. The zero-order chi connectivity index (χ0) is 25.1. The van der Waals surface area contributed by atoms with E-state index in [2.05, 4.69) is 39.5 Å². The van der Waals surface area contributed by atoms with E-state index in [1.807, 2.05) is 30.5 Å². The molecule has 1 amide bonds. The quantitative estimate of drug-likeness (QED) is 0.168. The molecular weight excluding hydrogens is 492 g/mol. The molecule has 7 nitrogen and oxygen atoms in total. The van der Waals surface area contributed by atoms with Crippen molar-refractivity contribution >= 4 is 56.3 Å². The summed E-state index contributed by atoms with van der Waals surface area (Å²) < 4.78 is 1.95. The lowest BCUT2D eigenvalue weighted by atomic mass is 9.89. The third-order valence-electron chi connectivity index (χ3n) is 6.56. The number of hydrogen-bond acceptors (Lipinski definition) is 7. The number of fused-ring (bicyclic) bond motifs is 1. The Morgan fingerprint density at radius 3 is 2.64 bits per heavy atom. The molecule has 0 radical (unpaired) electrons. The molecule has 1 saturated heterocycles. The number of amides is 1. The third kappa shape index (κ3) is 5.37. The number of benzene rings is 3. The number of nitro benzene ring substituents is 1. The van der Waals surface area contributed by atoms with Crippen molar-refractivity contribution in [2.45, 2.75) is 23.6 Å². The van der Waals surface area contributed by atoms with Crippen molar-refractivity contribution in [3.05, 3.63) is 88.0 Å². The fourth-order valence-electron chi connectivity index (χ4n) is 4.69. The number of carbonyl (C=O) groups is 1. The van der Waals surface area contributed by atoms with Gasteiger partial charge in [0.2, 0.25) is 0 Å². The fraction of sp³-hybridized carbons (Fsp3) is 0.259. The van der Waals surface area contributed by atoms with Gasteiger partial charge in [0.05, 0.1) is 26.4 Å². The van der Waals surface area contributed by atoms with Crippen LogP contribution in [0.2, 0.25) is 0 Å². The number of hydrogen-bond donors (Lipinski definition) is 1. The molecule has 0 saturated carbocycles. The second-order valence-electron chi connectivity index (χ2n) is 8.90. The lowest BCUT2D eigenvalue weighted by Gasteiger charge is -2.34. The summed E-state index contributed by atoms with van der Waals surface area (Å²) in [6.07, 6.45) is 5.04. The van der Waals surface area contributed by atoms with Crippen LogP contribution >= 0.6 is 23.1 Å². The van der Waals surface area contributed by atoms with Crippen LogP contribution in [0.3, 0.4) is 0 Å². The molecule has 36 heavy (non-hydrogen) atoms. The zero-order valence-electron chi connectivity index (χ0n) is 19.8. The van der Waals surface area contributed by atoms with Crippen LogP contribution in [-0.2, 0) is 6.42 Å². The van der Waals surface area contributed by atoms with Gasteiger partial charge in [-0.2, -0.15) is 0 Å². The van der Waals surface area contributed by atoms with Gasteiger partial charge in [-0.1, -0.05) is 42.1 Å². The van der Waals surface area contributed by atoms with Gasteiger partial charge in [0, 0.05) is 30.9 Å². The van der Waals surface area contributed by atoms with E-state index >= 15 is 0 Å². The van der Waals surface area contributed by atoms with Gasteiger partial charge in [0.1, 0.15) is 0 Å². The molecule has 1 aliphatic heterocycles. The highest BCUT2D eigenvalue weighted by Crippen LogP contribution is 2.33. The first-order valence-electron chi connectivity index (χ1n) is 11.8. The summed E-state index contributed by atoms with van der Waals surface area (Å²) in [4.78, 5) is 31.1. The van der Waals surface area contributed by atoms with Gasteiger partial charge in [0.15, 0.2) is 4.34 Å². The highest BCUT2D eigenvalue weighted by Gasteiger charge is 2.25. The summed E-state index contributed by atoms with van der Waals surface area (Å²) in [6, 6.07) is 20.7. The smallest absolute Gasteiger partial charge is 0.270 e. The molecule has 0 unspecified atom stereocenters. The first-order chi connectivity index (χ1) is 17.5. The summed E-state index contributed by atoms with van der Waals surface area (Å²) in [6.45, 7) is 1.61. The number of aromatic nitrogens is 1. The van der Waals surface area contributed by atoms with E-state index in [1.165, 1.54) is 17.7 Å². The summed E-state index contributed by atoms with van der Waals surface area (Å²) in [5, 5.41) is 14.4. The molecule has 0 spiro atoms. The maximum atomic E-state index is 13.4. The van der Waals surface area contributed by atoms with E-state index in [1.54, 1.807) is 29.2 Å². The number of piperidine rings is 1. The van der Waals surface area contributed by atoms with Gasteiger partial charge in [-0.15, -0.1) is 11.3 Å². The van der Waals surface area contributed by atoms with E-state index in [-0.39, 0.29) is 11.6 Å². The van der Waals surface area contributed by atoms with Crippen molar-refractivity contribution in [1.82, 2.24) is 4.98 Å². The molecule has 0 bridgehead atoms. The Morgan fingerprint density at radius 2 is 1.92 bits per heavy atom. The minimum absolute atomic E-state index is 0.0922. The van der Waals surface area contributed by atoms with Crippen molar-refractivity contribution in [3.8, 4) is 0 Å². The molecule has 1 aliphatic rings. The minimum atomic E-state index is -0.458. The lowest BCUT2D eigenvalue weighted by Crippen LogP contribution is -2.35. The molecule has 4 aromatic rings. The first-order valence-corrected chi connectivity index (χ1v) is 13.9. The zero-order valence-corrected chi connectivity index (χ0v) is 21.5. The normalized spacial score (nSPS) is 14.2. The Balaban J connectivity index is 1.35. The molecule has 0 atom stereocenters. The van der Waals surface area contributed by atoms with Gasteiger partial charge in [0.25, 0.3) is 11.6 Å². The van der Waals surface area contributed by atoms with Crippen LogP contribution < -0.4 is 10.2 Å². The Morgan fingerprint density at radius 1 is 1.14 bits per heavy atom. The second kappa shape index (κ2) is 10.7. The highest BCUT2D eigenvalue weighted by molar-refractivity contribution is 8.00. The molecule has 2 heterocycles. The van der Waals surface area contributed by atoms with Crippen LogP contribution in [0.1, 0.15) is 28.8 Å². The number of nitrogens with one attached hydrogen (secondary N) is 1. The average Bonchev–Trinajstić information content (AvgIpc) is 3.32. The number of rotatable bonds is 7. The molecule has 5 rings (SSSR count). The number of carbonyl (C=O) groups excluding carboxylic acids is 1. The molecule has 1 fully saturated rings. The number of nitro groups is 1.